The summed E-state index contributed by atoms with van der Waals surface area (Å²) in [5, 5.41) is 15.9. The number of aryl methyl sites for hydroxylation is 1. The fourth-order valence-electron chi connectivity index (χ4n) is 2.74. The van der Waals surface area contributed by atoms with E-state index in [2.05, 4.69) is 35.4 Å². The number of aromatic nitrogens is 4. The van der Waals surface area contributed by atoms with Crippen molar-refractivity contribution in [1.29, 1.82) is 0 Å². The molecule has 3 rings (SSSR count). The molecule has 0 amide bonds. The van der Waals surface area contributed by atoms with Gasteiger partial charge in [-0.2, -0.15) is 13.2 Å². The van der Waals surface area contributed by atoms with Gasteiger partial charge in [0, 0.05) is 25.4 Å². The number of halogens is 3. The lowest BCUT2D eigenvalue weighted by atomic mass is 10.2. The van der Waals surface area contributed by atoms with E-state index in [1.165, 1.54) is 6.42 Å². The maximum absolute atomic E-state index is 12.6. The Kier molecular flexibility index (Phi) is 5.74. The summed E-state index contributed by atoms with van der Waals surface area (Å²) in [4.78, 5) is 7.67. The number of guanidine groups is 1. The highest BCUT2D eigenvalue weighted by atomic mass is 32.1. The molecular weight excluding hydrogens is 367 g/mol. The second kappa shape index (κ2) is 8.02. The van der Waals surface area contributed by atoms with Crippen molar-refractivity contribution in [2.24, 2.45) is 4.99 Å². The van der Waals surface area contributed by atoms with E-state index in [1.807, 2.05) is 0 Å². The van der Waals surface area contributed by atoms with E-state index in [9.17, 15) is 13.2 Å². The third kappa shape index (κ3) is 4.51. The van der Waals surface area contributed by atoms with Crippen LogP contribution >= 0.6 is 11.3 Å². The smallest absolute Gasteiger partial charge is 0.350 e. The Morgan fingerprint density at radius 3 is 2.77 bits per heavy atom. The number of nitrogens with one attached hydrogen (secondary N) is 2. The van der Waals surface area contributed by atoms with Crippen LogP contribution in [0.25, 0.3) is 0 Å². The van der Waals surface area contributed by atoms with Gasteiger partial charge in [0.2, 0.25) is 0 Å². The van der Waals surface area contributed by atoms with E-state index in [1.54, 1.807) is 7.05 Å². The average molecular weight is 387 g/mol. The molecule has 0 unspecified atom stereocenters. The maximum Gasteiger partial charge on any atom is 0.434 e. The number of hydrogen-bond donors (Lipinski definition) is 2. The summed E-state index contributed by atoms with van der Waals surface area (Å²) in [6.07, 6.45) is -0.0575. The van der Waals surface area contributed by atoms with E-state index in [-0.39, 0.29) is 6.54 Å². The number of thiazole rings is 1. The second-order valence-electron chi connectivity index (χ2n) is 5.90. The molecule has 0 saturated carbocycles. The van der Waals surface area contributed by atoms with Crippen LogP contribution in [0.2, 0.25) is 0 Å². The maximum atomic E-state index is 12.6. The zero-order valence-corrected chi connectivity index (χ0v) is 15.1. The van der Waals surface area contributed by atoms with Crippen molar-refractivity contribution >= 4 is 17.3 Å². The van der Waals surface area contributed by atoms with Crippen LogP contribution in [0.1, 0.15) is 41.6 Å². The Morgan fingerprint density at radius 1 is 1.23 bits per heavy atom. The van der Waals surface area contributed by atoms with E-state index in [4.69, 9.17) is 0 Å². The fraction of sp³-hybridized carbons (Fsp3) is 0.600. The van der Waals surface area contributed by atoms with Crippen molar-refractivity contribution in [1.82, 2.24) is 30.4 Å². The molecule has 0 bridgehead atoms. The molecule has 1 aliphatic rings. The van der Waals surface area contributed by atoms with Crippen LogP contribution in [0, 0.1) is 0 Å². The van der Waals surface area contributed by atoms with Gasteiger partial charge in [0.1, 0.15) is 10.8 Å². The molecule has 0 spiro atoms. The van der Waals surface area contributed by atoms with Crippen LogP contribution in [0.5, 0.6) is 0 Å². The first kappa shape index (κ1) is 18.6. The van der Waals surface area contributed by atoms with Gasteiger partial charge < -0.3 is 15.2 Å². The number of fused-ring (bicyclic) bond motifs is 1. The second-order valence-corrected chi connectivity index (χ2v) is 6.84. The van der Waals surface area contributed by atoms with Gasteiger partial charge in [0.15, 0.2) is 17.5 Å². The molecule has 0 aromatic carbocycles. The van der Waals surface area contributed by atoms with Gasteiger partial charge in [-0.1, -0.05) is 6.42 Å². The summed E-state index contributed by atoms with van der Waals surface area (Å²) in [5.74, 6) is 2.31. The summed E-state index contributed by atoms with van der Waals surface area (Å²) >= 11 is 0.963. The molecule has 0 fully saturated rings. The van der Waals surface area contributed by atoms with Gasteiger partial charge in [0.25, 0.3) is 0 Å². The molecule has 11 heteroatoms. The fourth-order valence-corrected chi connectivity index (χ4v) is 3.48. The third-order valence-electron chi connectivity index (χ3n) is 4.07. The van der Waals surface area contributed by atoms with Gasteiger partial charge in [-0.15, -0.1) is 21.5 Å². The summed E-state index contributed by atoms with van der Waals surface area (Å²) in [5.41, 5.74) is -0.867. The van der Waals surface area contributed by atoms with Gasteiger partial charge in [-0.3, -0.25) is 4.99 Å². The Labute approximate surface area is 152 Å². The minimum absolute atomic E-state index is 0.165. The largest absolute Gasteiger partial charge is 0.434 e. The minimum Gasteiger partial charge on any atom is -0.350 e. The molecule has 1 aliphatic heterocycles. The Morgan fingerprint density at radius 2 is 2.04 bits per heavy atom. The Hall–Kier alpha value is -2.17. The highest BCUT2D eigenvalue weighted by molar-refractivity contribution is 7.09. The van der Waals surface area contributed by atoms with Crippen LogP contribution in [0.4, 0.5) is 13.2 Å². The summed E-state index contributed by atoms with van der Waals surface area (Å²) in [6.45, 7) is 1.52. The SMILES string of the molecule is CN=C(NCc1nc(C(F)(F)F)cs1)NCc1nnc2n1CCCCC2. The molecule has 2 N–H and O–H groups in total. The lowest BCUT2D eigenvalue weighted by molar-refractivity contribution is -0.140. The molecular formula is C15H20F3N7S. The third-order valence-corrected chi connectivity index (χ3v) is 4.92. The minimum atomic E-state index is -4.42. The van der Waals surface area contributed by atoms with Crippen molar-refractivity contribution in [3.05, 3.63) is 27.7 Å². The number of aliphatic imine (C=N–C) groups is 1. The number of alkyl halides is 3. The van der Waals surface area contributed by atoms with Crippen molar-refractivity contribution in [3.63, 3.8) is 0 Å². The highest BCUT2D eigenvalue weighted by Gasteiger charge is 2.33. The summed E-state index contributed by atoms with van der Waals surface area (Å²) < 4.78 is 39.9. The Balaban J connectivity index is 1.54. The first-order valence-corrected chi connectivity index (χ1v) is 9.22. The topological polar surface area (TPSA) is 80.0 Å². The molecule has 0 aliphatic carbocycles. The molecule has 0 saturated heterocycles. The average Bonchev–Trinajstić information content (AvgIpc) is 3.16. The van der Waals surface area contributed by atoms with Crippen LogP contribution in [0.3, 0.4) is 0 Å². The van der Waals surface area contributed by atoms with Crippen LogP contribution in [-0.2, 0) is 32.2 Å². The number of rotatable bonds is 4. The van der Waals surface area contributed by atoms with Crippen LogP contribution in [0.15, 0.2) is 10.4 Å². The van der Waals surface area contributed by atoms with Gasteiger partial charge >= 0.3 is 6.18 Å². The molecule has 0 radical (unpaired) electrons. The van der Waals surface area contributed by atoms with Crippen molar-refractivity contribution in [2.45, 2.75) is 51.5 Å². The lowest BCUT2D eigenvalue weighted by Gasteiger charge is -2.12. The van der Waals surface area contributed by atoms with E-state index in [0.717, 1.165) is 54.2 Å². The molecule has 7 nitrogen and oxygen atoms in total. The van der Waals surface area contributed by atoms with Crippen molar-refractivity contribution < 1.29 is 13.2 Å². The molecule has 26 heavy (non-hydrogen) atoms. The van der Waals surface area contributed by atoms with E-state index >= 15 is 0 Å². The first-order chi connectivity index (χ1) is 12.5. The molecule has 142 valence electrons. The van der Waals surface area contributed by atoms with Crippen molar-refractivity contribution in [2.75, 3.05) is 7.05 Å². The predicted octanol–water partition coefficient (Wildman–Crippen LogP) is 2.35. The van der Waals surface area contributed by atoms with Crippen LogP contribution < -0.4 is 10.6 Å². The van der Waals surface area contributed by atoms with Gasteiger partial charge in [-0.25, -0.2) is 4.98 Å². The quantitative estimate of drug-likeness (QED) is 0.622. The summed E-state index contributed by atoms with van der Waals surface area (Å²) in [6, 6.07) is 0. The zero-order valence-electron chi connectivity index (χ0n) is 14.3. The molecule has 0 atom stereocenters. The van der Waals surface area contributed by atoms with E-state index < -0.39 is 11.9 Å². The lowest BCUT2D eigenvalue weighted by Crippen LogP contribution is -2.37. The Bertz CT molecular complexity index is 766. The molecule has 2 aromatic heterocycles. The number of nitrogens with zero attached hydrogens (tertiary/aromatic N) is 5. The standard InChI is InChI=1S/C15H20F3N7S/c1-19-14(21-8-13-22-10(9-26-13)15(16,17)18)20-7-12-24-23-11-5-3-2-4-6-25(11)12/h9H,2-8H2,1H3,(H2,19,20,21). The van der Waals surface area contributed by atoms with Crippen molar-refractivity contribution in [3.8, 4) is 0 Å². The predicted molar refractivity (Wildman–Crippen MR) is 91.7 cm³/mol. The zero-order chi connectivity index (χ0) is 18.6. The van der Waals surface area contributed by atoms with Gasteiger partial charge in [0.05, 0.1) is 13.1 Å². The first-order valence-electron chi connectivity index (χ1n) is 8.34. The highest BCUT2D eigenvalue weighted by Crippen LogP contribution is 2.29. The summed E-state index contributed by atoms with van der Waals surface area (Å²) in [7, 11) is 1.60. The molecule has 3 heterocycles. The van der Waals surface area contributed by atoms with Gasteiger partial charge in [-0.05, 0) is 12.8 Å². The number of hydrogen-bond acceptors (Lipinski definition) is 5. The monoisotopic (exact) mass is 387 g/mol. The normalized spacial score (nSPS) is 15.5. The molecule has 2 aromatic rings. The van der Waals surface area contributed by atoms with E-state index in [0.29, 0.717) is 17.5 Å². The van der Waals surface area contributed by atoms with Crippen LogP contribution in [-0.4, -0.2) is 32.8 Å².